The van der Waals surface area contributed by atoms with E-state index in [9.17, 15) is 0 Å². The minimum Gasteiger partial charge on any atom is -0.493 e. The maximum absolute atomic E-state index is 6.27. The molecule has 1 aromatic heterocycles. The van der Waals surface area contributed by atoms with Gasteiger partial charge in [-0.1, -0.05) is 6.07 Å². The first-order chi connectivity index (χ1) is 21.8. The van der Waals surface area contributed by atoms with E-state index in [0.717, 1.165) is 86.8 Å². The number of anilines is 3. The third-order valence-electron chi connectivity index (χ3n) is 8.29. The number of benzene rings is 2. The summed E-state index contributed by atoms with van der Waals surface area (Å²) in [5.74, 6) is 4.67. The van der Waals surface area contributed by atoms with Gasteiger partial charge in [-0.2, -0.15) is 4.98 Å². The highest BCUT2D eigenvalue weighted by Crippen LogP contribution is 2.36. The number of aromatic nitrogens is 2. The van der Waals surface area contributed by atoms with Crippen molar-refractivity contribution in [3.8, 4) is 17.2 Å². The normalized spacial score (nSPS) is 15.6. The summed E-state index contributed by atoms with van der Waals surface area (Å²) in [7, 11) is 11.6. The van der Waals surface area contributed by atoms with Crippen molar-refractivity contribution in [2.75, 3.05) is 104 Å². The van der Waals surface area contributed by atoms with Crippen LogP contribution in [0, 0.1) is 0 Å². The van der Waals surface area contributed by atoms with E-state index in [-0.39, 0.29) is 6.04 Å². The predicted octanol–water partition coefficient (Wildman–Crippen LogP) is 3.53. The highest BCUT2D eigenvalue weighted by atomic mass is 16.5. The lowest BCUT2D eigenvalue weighted by atomic mass is 10.0. The molecule has 0 amide bonds. The minimum absolute atomic E-state index is 0.275. The number of likely N-dealkylation sites (tertiary alicyclic amines) is 1. The van der Waals surface area contributed by atoms with Gasteiger partial charge in [-0.3, -0.25) is 9.89 Å². The highest BCUT2D eigenvalue weighted by Gasteiger charge is 2.24. The van der Waals surface area contributed by atoms with Crippen molar-refractivity contribution in [2.45, 2.75) is 31.8 Å². The number of nitrogens with zero attached hydrogens (tertiary/aromatic N) is 6. The number of amidine groups is 1. The van der Waals surface area contributed by atoms with Gasteiger partial charge in [0.25, 0.3) is 0 Å². The second-order valence-electron chi connectivity index (χ2n) is 12.0. The van der Waals surface area contributed by atoms with Crippen molar-refractivity contribution in [3.63, 3.8) is 0 Å². The van der Waals surface area contributed by atoms with E-state index in [4.69, 9.17) is 24.2 Å². The first kappa shape index (κ1) is 32.4. The fourth-order valence-electron chi connectivity index (χ4n) is 5.81. The van der Waals surface area contributed by atoms with Crippen LogP contribution in [0.2, 0.25) is 0 Å². The number of hydrogen-bond donors (Lipinski definition) is 3. The second kappa shape index (κ2) is 15.3. The topological polar surface area (TPSA) is 112 Å². The van der Waals surface area contributed by atoms with E-state index in [1.807, 2.05) is 12.1 Å². The van der Waals surface area contributed by atoms with Gasteiger partial charge in [-0.05, 0) is 45.1 Å². The van der Waals surface area contributed by atoms with Gasteiger partial charge in [0.15, 0.2) is 11.5 Å². The molecule has 1 saturated heterocycles. The van der Waals surface area contributed by atoms with Gasteiger partial charge in [-0.25, -0.2) is 4.98 Å². The third kappa shape index (κ3) is 8.37. The van der Waals surface area contributed by atoms with Gasteiger partial charge >= 0.3 is 0 Å². The second-order valence-corrected chi connectivity index (χ2v) is 12.0. The molecule has 3 N–H and O–H groups in total. The summed E-state index contributed by atoms with van der Waals surface area (Å²) in [6.45, 7) is 6.76. The minimum atomic E-state index is 0.275. The van der Waals surface area contributed by atoms with Gasteiger partial charge in [0.1, 0.15) is 18.2 Å². The van der Waals surface area contributed by atoms with Crippen LogP contribution in [-0.2, 0) is 6.54 Å². The van der Waals surface area contributed by atoms with Crippen LogP contribution in [0.5, 0.6) is 17.2 Å². The molecule has 3 aromatic rings. The van der Waals surface area contributed by atoms with E-state index < -0.39 is 0 Å². The van der Waals surface area contributed by atoms with E-state index in [1.54, 1.807) is 14.2 Å². The van der Waals surface area contributed by atoms with Crippen LogP contribution in [0.25, 0.3) is 10.9 Å². The van der Waals surface area contributed by atoms with E-state index in [0.29, 0.717) is 30.6 Å². The Morgan fingerprint density at radius 2 is 1.78 bits per heavy atom. The number of likely N-dealkylation sites (N-methyl/N-ethyl adjacent to an activating group) is 1. The molecule has 45 heavy (non-hydrogen) atoms. The standard InChI is InChI=1S/C33H49N9O3/c1-40(2)18-19-45-28-9-7-8-27(41(3)4)25(28)22-42-16-11-23(12-17-42)37-32-24-20-29(43-5)30(44-6)21-26(24)38-33(39-32)36-13-10-31-34-14-15-35-31/h7-9,20-21,23H,10-19,22H2,1-6H3,(H,34,35)(H2,36,37,38,39). The maximum Gasteiger partial charge on any atom is 0.225 e. The fourth-order valence-corrected chi connectivity index (χ4v) is 5.81. The number of piperidine rings is 1. The van der Waals surface area contributed by atoms with Crippen LogP contribution in [0.1, 0.15) is 24.8 Å². The van der Waals surface area contributed by atoms with Gasteiger partial charge in [0, 0.05) is 88.5 Å². The molecule has 2 aromatic carbocycles. The Hall–Kier alpha value is -4.03. The Balaban J connectivity index is 1.29. The lowest BCUT2D eigenvalue weighted by molar-refractivity contribution is 0.205. The molecule has 0 bridgehead atoms. The first-order valence-corrected chi connectivity index (χ1v) is 15.8. The first-order valence-electron chi connectivity index (χ1n) is 15.8. The molecule has 244 valence electrons. The summed E-state index contributed by atoms with van der Waals surface area (Å²) in [5.41, 5.74) is 3.23. The molecule has 2 aliphatic rings. The molecule has 5 rings (SSSR count). The maximum atomic E-state index is 6.27. The number of rotatable bonds is 15. The molecule has 0 radical (unpaired) electrons. The molecular formula is C33H49N9O3. The molecule has 0 atom stereocenters. The average Bonchev–Trinajstić information content (AvgIpc) is 3.55. The molecule has 3 heterocycles. The Bertz CT molecular complexity index is 1460. The average molecular weight is 620 g/mol. The van der Waals surface area contributed by atoms with Crippen LogP contribution in [0.4, 0.5) is 17.5 Å². The van der Waals surface area contributed by atoms with Crippen molar-refractivity contribution < 1.29 is 14.2 Å². The van der Waals surface area contributed by atoms with E-state index in [1.165, 1.54) is 11.3 Å². The highest BCUT2D eigenvalue weighted by molar-refractivity contribution is 5.93. The summed E-state index contributed by atoms with van der Waals surface area (Å²) in [4.78, 5) is 21.1. The van der Waals surface area contributed by atoms with Gasteiger partial charge in [0.2, 0.25) is 5.95 Å². The quantitative estimate of drug-likeness (QED) is 0.232. The van der Waals surface area contributed by atoms with Gasteiger partial charge in [0.05, 0.1) is 32.1 Å². The van der Waals surface area contributed by atoms with Crippen LogP contribution in [0.3, 0.4) is 0 Å². The molecule has 12 nitrogen and oxygen atoms in total. The number of nitrogens with one attached hydrogen (secondary N) is 3. The largest absolute Gasteiger partial charge is 0.493 e. The number of ether oxygens (including phenoxy) is 3. The summed E-state index contributed by atoms with van der Waals surface area (Å²) in [6, 6.07) is 10.5. The van der Waals surface area contributed by atoms with E-state index >= 15 is 0 Å². The number of hydrogen-bond acceptors (Lipinski definition) is 12. The van der Waals surface area contributed by atoms with Gasteiger partial charge < -0.3 is 40.0 Å². The fraction of sp³-hybridized carbons (Fsp3) is 0.545. The van der Waals surface area contributed by atoms with Crippen LogP contribution in [0.15, 0.2) is 35.3 Å². The van der Waals surface area contributed by atoms with Crippen LogP contribution >= 0.6 is 0 Å². The lowest BCUT2D eigenvalue weighted by Gasteiger charge is -2.34. The molecule has 0 unspecified atom stereocenters. The smallest absolute Gasteiger partial charge is 0.225 e. The molecule has 0 spiro atoms. The number of fused-ring (bicyclic) bond motifs is 1. The number of methoxy groups -OCH3 is 2. The Kier molecular flexibility index (Phi) is 11.0. The summed E-state index contributed by atoms with van der Waals surface area (Å²) in [5, 5.41) is 11.4. The molecule has 0 saturated carbocycles. The van der Waals surface area contributed by atoms with Crippen molar-refractivity contribution in [2.24, 2.45) is 4.99 Å². The SMILES string of the molecule is COc1cc2nc(NCCC3=NCCN3)nc(NC3CCN(Cc4c(OCCN(C)C)cccc4N(C)C)CC3)c2cc1OC. The molecular weight excluding hydrogens is 570 g/mol. The van der Waals surface area contributed by atoms with E-state index in [2.05, 4.69) is 82.0 Å². The third-order valence-corrected chi connectivity index (χ3v) is 8.29. The van der Waals surface area contributed by atoms with Crippen LogP contribution < -0.4 is 35.1 Å². The zero-order valence-corrected chi connectivity index (χ0v) is 27.7. The summed E-state index contributed by atoms with van der Waals surface area (Å²) in [6.07, 6.45) is 2.79. The molecule has 0 aliphatic carbocycles. The summed E-state index contributed by atoms with van der Waals surface area (Å²) < 4.78 is 17.5. The zero-order chi connectivity index (χ0) is 31.8. The van der Waals surface area contributed by atoms with Crippen molar-refractivity contribution in [1.82, 2.24) is 25.1 Å². The Morgan fingerprint density at radius 1 is 1.00 bits per heavy atom. The molecule has 2 aliphatic heterocycles. The Labute approximate surface area is 267 Å². The van der Waals surface area contributed by atoms with Crippen molar-refractivity contribution in [1.29, 1.82) is 0 Å². The lowest BCUT2D eigenvalue weighted by Crippen LogP contribution is -2.39. The Morgan fingerprint density at radius 3 is 2.47 bits per heavy atom. The molecule has 12 heteroatoms. The zero-order valence-electron chi connectivity index (χ0n) is 27.7. The van der Waals surface area contributed by atoms with Gasteiger partial charge in [-0.15, -0.1) is 0 Å². The molecule has 1 fully saturated rings. The monoisotopic (exact) mass is 619 g/mol. The van der Waals surface area contributed by atoms with Crippen molar-refractivity contribution in [3.05, 3.63) is 35.9 Å². The van der Waals surface area contributed by atoms with Crippen LogP contribution in [-0.4, -0.2) is 120 Å². The number of aliphatic imine (C=N–C) groups is 1. The van der Waals surface area contributed by atoms with Crippen molar-refractivity contribution >= 4 is 34.2 Å². The predicted molar refractivity (Wildman–Crippen MR) is 183 cm³/mol. The summed E-state index contributed by atoms with van der Waals surface area (Å²) >= 11 is 0.